The summed E-state index contributed by atoms with van der Waals surface area (Å²) in [6.07, 6.45) is 0. The second kappa shape index (κ2) is 5.42. The summed E-state index contributed by atoms with van der Waals surface area (Å²) in [4.78, 5) is 25.4. The average molecular weight is 295 g/mol. The molecule has 1 atom stereocenters. The molecule has 0 aliphatic carbocycles. The summed E-state index contributed by atoms with van der Waals surface area (Å²) in [5, 5.41) is 3.58. The molecular formula is C13H15ClN4O2. The molecular weight excluding hydrogens is 280 g/mol. The van der Waals surface area contributed by atoms with Crippen molar-refractivity contribution in [1.82, 2.24) is 9.55 Å². The Morgan fingerprint density at radius 2 is 2.00 bits per heavy atom. The minimum Gasteiger partial charge on any atom is -0.383 e. The van der Waals surface area contributed by atoms with Crippen LogP contribution < -0.4 is 22.3 Å². The zero-order valence-electron chi connectivity index (χ0n) is 11.1. The molecule has 2 aromatic rings. The van der Waals surface area contributed by atoms with Gasteiger partial charge in [-0.1, -0.05) is 29.8 Å². The van der Waals surface area contributed by atoms with E-state index in [9.17, 15) is 9.59 Å². The first-order chi connectivity index (χ1) is 9.41. The lowest BCUT2D eigenvalue weighted by Crippen LogP contribution is -2.33. The highest BCUT2D eigenvalue weighted by Gasteiger charge is 2.15. The Morgan fingerprint density at radius 3 is 2.65 bits per heavy atom. The van der Waals surface area contributed by atoms with Gasteiger partial charge in [0.1, 0.15) is 11.5 Å². The van der Waals surface area contributed by atoms with E-state index in [2.05, 4.69) is 10.3 Å². The van der Waals surface area contributed by atoms with Gasteiger partial charge in [0.2, 0.25) is 0 Å². The first-order valence-corrected chi connectivity index (χ1v) is 6.39. The largest absolute Gasteiger partial charge is 0.383 e. The van der Waals surface area contributed by atoms with Gasteiger partial charge in [0.15, 0.2) is 0 Å². The fourth-order valence-electron chi connectivity index (χ4n) is 1.90. The molecule has 1 unspecified atom stereocenters. The van der Waals surface area contributed by atoms with Crippen LogP contribution in [0.25, 0.3) is 0 Å². The first kappa shape index (κ1) is 14.2. The fraction of sp³-hybridized carbons (Fsp3) is 0.231. The van der Waals surface area contributed by atoms with E-state index in [0.29, 0.717) is 5.02 Å². The average Bonchev–Trinajstić information content (AvgIpc) is 2.41. The molecule has 1 heterocycles. The third-order valence-corrected chi connectivity index (χ3v) is 3.45. The lowest BCUT2D eigenvalue weighted by molar-refractivity contribution is 0.801. The molecule has 4 N–H and O–H groups in total. The van der Waals surface area contributed by atoms with Gasteiger partial charge in [-0.15, -0.1) is 0 Å². The molecule has 0 bridgehead atoms. The first-order valence-electron chi connectivity index (χ1n) is 6.01. The minimum atomic E-state index is -0.552. The Labute approximate surface area is 120 Å². The lowest BCUT2D eigenvalue weighted by Gasteiger charge is -2.18. The monoisotopic (exact) mass is 294 g/mol. The number of H-pyrrole nitrogens is 1. The van der Waals surface area contributed by atoms with Crippen LogP contribution in [-0.4, -0.2) is 9.55 Å². The number of benzene rings is 1. The van der Waals surface area contributed by atoms with Gasteiger partial charge in [0, 0.05) is 12.1 Å². The van der Waals surface area contributed by atoms with E-state index in [-0.39, 0.29) is 17.5 Å². The number of aromatic amines is 1. The number of nitrogens with one attached hydrogen (secondary N) is 2. The van der Waals surface area contributed by atoms with Crippen LogP contribution >= 0.6 is 11.6 Å². The predicted octanol–water partition coefficient (Wildman–Crippen LogP) is 1.48. The highest BCUT2D eigenvalue weighted by atomic mass is 35.5. The molecule has 0 saturated heterocycles. The predicted molar refractivity (Wildman–Crippen MR) is 80.2 cm³/mol. The van der Waals surface area contributed by atoms with Crippen LogP contribution in [0.15, 0.2) is 33.9 Å². The smallest absolute Gasteiger partial charge is 0.329 e. The highest BCUT2D eigenvalue weighted by Crippen LogP contribution is 2.25. The number of halogens is 1. The minimum absolute atomic E-state index is 0.0812. The number of rotatable bonds is 3. The summed E-state index contributed by atoms with van der Waals surface area (Å²) < 4.78 is 1.17. The molecule has 20 heavy (non-hydrogen) atoms. The SMILES string of the molecule is CC(Nc1c(N)n(C)c(=O)[nH]c1=O)c1ccccc1Cl. The number of nitrogens with two attached hydrogens (primary N) is 1. The van der Waals surface area contributed by atoms with E-state index in [4.69, 9.17) is 17.3 Å². The molecule has 0 fully saturated rings. The maximum Gasteiger partial charge on any atom is 0.329 e. The van der Waals surface area contributed by atoms with Crippen molar-refractivity contribution >= 4 is 23.1 Å². The summed E-state index contributed by atoms with van der Waals surface area (Å²) >= 11 is 6.11. The highest BCUT2D eigenvalue weighted by molar-refractivity contribution is 6.31. The molecule has 1 aromatic heterocycles. The van der Waals surface area contributed by atoms with Crippen LogP contribution in [0, 0.1) is 0 Å². The van der Waals surface area contributed by atoms with E-state index in [0.717, 1.165) is 5.56 Å². The summed E-state index contributed by atoms with van der Waals surface area (Å²) in [5.74, 6) is 0.0812. The maximum atomic E-state index is 11.8. The van der Waals surface area contributed by atoms with Crippen molar-refractivity contribution < 1.29 is 0 Å². The zero-order valence-corrected chi connectivity index (χ0v) is 11.9. The third kappa shape index (κ3) is 2.55. The van der Waals surface area contributed by atoms with Crippen LogP contribution in [-0.2, 0) is 7.05 Å². The van der Waals surface area contributed by atoms with Crippen molar-refractivity contribution in [3.63, 3.8) is 0 Å². The molecule has 0 amide bonds. The molecule has 0 spiro atoms. The van der Waals surface area contributed by atoms with Gasteiger partial charge in [0.25, 0.3) is 5.56 Å². The number of anilines is 2. The summed E-state index contributed by atoms with van der Waals surface area (Å²) in [6.45, 7) is 1.85. The van der Waals surface area contributed by atoms with E-state index in [1.165, 1.54) is 11.6 Å². The Balaban J connectivity index is 2.41. The topological polar surface area (TPSA) is 92.9 Å². The summed E-state index contributed by atoms with van der Waals surface area (Å²) in [6, 6.07) is 7.07. The van der Waals surface area contributed by atoms with Crippen molar-refractivity contribution in [3.05, 3.63) is 55.7 Å². The third-order valence-electron chi connectivity index (χ3n) is 3.10. The van der Waals surface area contributed by atoms with Crippen LogP contribution in [0.4, 0.5) is 11.5 Å². The standard InChI is InChI=1S/C13H15ClN4O2/c1-7(8-5-3-4-6-9(8)14)16-10-11(15)18(2)13(20)17-12(10)19/h3-7,16H,15H2,1-2H3,(H,17,19,20). The molecule has 106 valence electrons. The van der Waals surface area contributed by atoms with Gasteiger partial charge in [-0.3, -0.25) is 14.3 Å². The van der Waals surface area contributed by atoms with Gasteiger partial charge in [-0.2, -0.15) is 0 Å². The van der Waals surface area contributed by atoms with Crippen molar-refractivity contribution in [1.29, 1.82) is 0 Å². The molecule has 0 radical (unpaired) electrons. The van der Waals surface area contributed by atoms with Crippen molar-refractivity contribution in [3.8, 4) is 0 Å². The Morgan fingerprint density at radius 1 is 1.35 bits per heavy atom. The van der Waals surface area contributed by atoms with E-state index in [1.54, 1.807) is 6.07 Å². The van der Waals surface area contributed by atoms with Crippen LogP contribution in [0.1, 0.15) is 18.5 Å². The molecule has 1 aromatic carbocycles. The second-order valence-electron chi connectivity index (χ2n) is 4.47. The normalized spacial score (nSPS) is 12.2. The lowest BCUT2D eigenvalue weighted by atomic mass is 10.1. The van der Waals surface area contributed by atoms with Crippen LogP contribution in [0.2, 0.25) is 5.02 Å². The number of nitrogens with zero attached hydrogens (tertiary/aromatic N) is 1. The summed E-state index contributed by atoms with van der Waals surface area (Å²) in [5.41, 5.74) is 5.68. The van der Waals surface area contributed by atoms with Crippen molar-refractivity contribution in [2.45, 2.75) is 13.0 Å². The second-order valence-corrected chi connectivity index (χ2v) is 4.87. The van der Waals surface area contributed by atoms with Gasteiger partial charge >= 0.3 is 5.69 Å². The van der Waals surface area contributed by atoms with E-state index >= 15 is 0 Å². The number of nitrogen functional groups attached to an aromatic ring is 1. The van der Waals surface area contributed by atoms with Crippen LogP contribution in [0.3, 0.4) is 0 Å². The number of aromatic nitrogens is 2. The Bertz CT molecular complexity index is 751. The van der Waals surface area contributed by atoms with Crippen molar-refractivity contribution in [2.24, 2.45) is 7.05 Å². The molecule has 0 aliphatic heterocycles. The molecule has 6 nitrogen and oxygen atoms in total. The van der Waals surface area contributed by atoms with Gasteiger partial charge in [0.05, 0.1) is 6.04 Å². The maximum absolute atomic E-state index is 11.8. The molecule has 0 saturated carbocycles. The van der Waals surface area contributed by atoms with Gasteiger partial charge in [-0.25, -0.2) is 4.79 Å². The molecule has 0 aliphatic rings. The van der Waals surface area contributed by atoms with Crippen LogP contribution in [0.5, 0.6) is 0 Å². The molecule has 7 heteroatoms. The zero-order chi connectivity index (χ0) is 14.9. The quantitative estimate of drug-likeness (QED) is 0.799. The van der Waals surface area contributed by atoms with E-state index < -0.39 is 11.2 Å². The van der Waals surface area contributed by atoms with Gasteiger partial charge in [-0.05, 0) is 18.6 Å². The number of hydrogen-bond donors (Lipinski definition) is 3. The Kier molecular flexibility index (Phi) is 3.85. The fourth-order valence-corrected chi connectivity index (χ4v) is 2.20. The Hall–Kier alpha value is -2.21. The molecule has 2 rings (SSSR count). The van der Waals surface area contributed by atoms with Gasteiger partial charge < -0.3 is 11.1 Å². The number of hydrogen-bond acceptors (Lipinski definition) is 4. The van der Waals surface area contributed by atoms with Crippen molar-refractivity contribution in [2.75, 3.05) is 11.1 Å². The van der Waals surface area contributed by atoms with E-state index in [1.807, 2.05) is 25.1 Å². The summed E-state index contributed by atoms with van der Waals surface area (Å²) in [7, 11) is 1.49.